The highest BCUT2D eigenvalue weighted by Crippen LogP contribution is 2.16. The normalized spacial score (nSPS) is 11.8. The molecule has 0 fully saturated rings. The maximum absolute atomic E-state index is 12.7. The van der Waals surface area contributed by atoms with E-state index in [0.29, 0.717) is 0 Å². The Labute approximate surface area is 78.2 Å². The lowest BCUT2D eigenvalue weighted by Crippen LogP contribution is -1.91. The standard InChI is InChI=1S/C7H4Cl2FNO/c8-5-2-1-4(3-6(5)10)7(9)11-12/h1-3,12H/b11-7+. The Morgan fingerprint density at radius 2 is 2.17 bits per heavy atom. The average Bonchev–Trinajstić information content (AvgIpc) is 2.08. The largest absolute Gasteiger partial charge is 0.410 e. The van der Waals surface area contributed by atoms with Gasteiger partial charge in [-0.2, -0.15) is 0 Å². The number of nitrogens with zero attached hydrogens (tertiary/aromatic N) is 1. The monoisotopic (exact) mass is 207 g/mol. The van der Waals surface area contributed by atoms with Gasteiger partial charge in [-0.25, -0.2) is 4.39 Å². The molecule has 0 aromatic heterocycles. The zero-order valence-electron chi connectivity index (χ0n) is 5.76. The zero-order chi connectivity index (χ0) is 9.14. The van der Waals surface area contributed by atoms with E-state index in [9.17, 15) is 4.39 Å². The van der Waals surface area contributed by atoms with Crippen molar-refractivity contribution in [2.45, 2.75) is 0 Å². The van der Waals surface area contributed by atoms with E-state index in [-0.39, 0.29) is 15.8 Å². The van der Waals surface area contributed by atoms with E-state index >= 15 is 0 Å². The first-order valence-electron chi connectivity index (χ1n) is 2.98. The molecule has 0 atom stereocenters. The van der Waals surface area contributed by atoms with E-state index in [4.69, 9.17) is 28.4 Å². The molecule has 64 valence electrons. The third-order valence-electron chi connectivity index (χ3n) is 1.25. The van der Waals surface area contributed by atoms with E-state index in [2.05, 4.69) is 5.16 Å². The topological polar surface area (TPSA) is 32.6 Å². The van der Waals surface area contributed by atoms with Crippen LogP contribution in [0.5, 0.6) is 0 Å². The minimum absolute atomic E-state index is 0.00107. The Hall–Kier alpha value is -0.800. The fraction of sp³-hybridized carbons (Fsp3) is 0. The van der Waals surface area contributed by atoms with Gasteiger partial charge < -0.3 is 5.21 Å². The predicted molar refractivity (Wildman–Crippen MR) is 45.6 cm³/mol. The van der Waals surface area contributed by atoms with Crippen LogP contribution in [0.4, 0.5) is 4.39 Å². The van der Waals surface area contributed by atoms with E-state index in [1.807, 2.05) is 0 Å². The van der Waals surface area contributed by atoms with Gasteiger partial charge in [0.2, 0.25) is 0 Å². The van der Waals surface area contributed by atoms with Gasteiger partial charge in [-0.05, 0) is 12.1 Å². The molecule has 2 nitrogen and oxygen atoms in total. The fourth-order valence-electron chi connectivity index (χ4n) is 0.682. The molecule has 0 bridgehead atoms. The fourth-order valence-corrected chi connectivity index (χ4v) is 0.917. The van der Waals surface area contributed by atoms with Crippen LogP contribution in [0.15, 0.2) is 23.4 Å². The molecule has 0 heterocycles. The van der Waals surface area contributed by atoms with E-state index in [1.165, 1.54) is 12.1 Å². The van der Waals surface area contributed by atoms with Crippen molar-refractivity contribution in [3.05, 3.63) is 34.6 Å². The van der Waals surface area contributed by atoms with E-state index in [0.717, 1.165) is 6.07 Å². The highest BCUT2D eigenvalue weighted by atomic mass is 35.5. The van der Waals surface area contributed by atoms with Crippen molar-refractivity contribution in [3.63, 3.8) is 0 Å². The first-order valence-corrected chi connectivity index (χ1v) is 3.73. The second-order valence-electron chi connectivity index (χ2n) is 2.02. The molecule has 1 aromatic rings. The molecule has 0 aliphatic rings. The van der Waals surface area contributed by atoms with Crippen molar-refractivity contribution in [1.82, 2.24) is 0 Å². The molecular formula is C7H4Cl2FNO. The van der Waals surface area contributed by atoms with Crippen molar-refractivity contribution in [1.29, 1.82) is 0 Å². The summed E-state index contributed by atoms with van der Waals surface area (Å²) < 4.78 is 12.7. The minimum Gasteiger partial charge on any atom is -0.410 e. The molecule has 5 heteroatoms. The maximum atomic E-state index is 12.7. The van der Waals surface area contributed by atoms with Crippen LogP contribution in [0, 0.1) is 5.82 Å². The first kappa shape index (κ1) is 9.29. The quantitative estimate of drug-likeness (QED) is 0.429. The van der Waals surface area contributed by atoms with Crippen LogP contribution in [-0.2, 0) is 0 Å². The summed E-state index contributed by atoms with van der Waals surface area (Å²) in [5.74, 6) is -0.601. The molecule has 0 radical (unpaired) electrons. The first-order chi connectivity index (χ1) is 5.65. The Morgan fingerprint density at radius 3 is 2.67 bits per heavy atom. The number of hydrogen-bond donors (Lipinski definition) is 1. The van der Waals surface area contributed by atoms with Gasteiger partial charge in [-0.3, -0.25) is 0 Å². The number of hydrogen-bond acceptors (Lipinski definition) is 2. The van der Waals surface area contributed by atoms with Crippen molar-refractivity contribution in [2.24, 2.45) is 5.16 Å². The molecular weight excluding hydrogens is 204 g/mol. The summed E-state index contributed by atoms with van der Waals surface area (Å²) in [7, 11) is 0. The van der Waals surface area contributed by atoms with Gasteiger partial charge in [0.15, 0.2) is 5.17 Å². The van der Waals surface area contributed by atoms with Crippen molar-refractivity contribution < 1.29 is 9.60 Å². The minimum atomic E-state index is -0.601. The van der Waals surface area contributed by atoms with Gasteiger partial charge in [0.05, 0.1) is 5.02 Å². The lowest BCUT2D eigenvalue weighted by Gasteiger charge is -1.97. The van der Waals surface area contributed by atoms with Gasteiger partial charge in [-0.15, -0.1) is 0 Å². The summed E-state index contributed by atoms with van der Waals surface area (Å²) in [5.41, 5.74) is 0.279. The lowest BCUT2D eigenvalue weighted by atomic mass is 10.2. The second-order valence-corrected chi connectivity index (χ2v) is 2.78. The van der Waals surface area contributed by atoms with Gasteiger partial charge in [-0.1, -0.05) is 34.4 Å². The molecule has 0 saturated carbocycles. The molecule has 0 aliphatic carbocycles. The Morgan fingerprint density at radius 1 is 1.50 bits per heavy atom. The van der Waals surface area contributed by atoms with Crippen LogP contribution in [0.25, 0.3) is 0 Å². The summed E-state index contributed by atoms with van der Waals surface area (Å²) in [6.07, 6.45) is 0. The van der Waals surface area contributed by atoms with Crippen LogP contribution in [0.3, 0.4) is 0 Å². The molecule has 0 amide bonds. The molecule has 0 spiro atoms. The third kappa shape index (κ3) is 1.87. The van der Waals surface area contributed by atoms with Crippen LogP contribution in [0.2, 0.25) is 5.02 Å². The highest BCUT2D eigenvalue weighted by Gasteiger charge is 2.04. The molecule has 1 rings (SSSR count). The van der Waals surface area contributed by atoms with Crippen molar-refractivity contribution >= 4 is 28.4 Å². The van der Waals surface area contributed by atoms with Crippen molar-refractivity contribution in [3.8, 4) is 0 Å². The summed E-state index contributed by atoms with van der Waals surface area (Å²) in [5, 5.41) is 10.8. The molecule has 12 heavy (non-hydrogen) atoms. The summed E-state index contributed by atoms with van der Waals surface area (Å²) >= 11 is 10.8. The third-order valence-corrected chi connectivity index (χ3v) is 1.85. The molecule has 1 N–H and O–H groups in total. The van der Waals surface area contributed by atoms with Gasteiger partial charge >= 0.3 is 0 Å². The summed E-state index contributed by atoms with van der Waals surface area (Å²) in [4.78, 5) is 0. The van der Waals surface area contributed by atoms with Crippen LogP contribution in [-0.4, -0.2) is 10.4 Å². The van der Waals surface area contributed by atoms with Crippen LogP contribution >= 0.6 is 23.2 Å². The Bertz CT molecular complexity index is 327. The molecule has 0 saturated heterocycles. The number of oxime groups is 1. The zero-order valence-corrected chi connectivity index (χ0v) is 7.27. The lowest BCUT2D eigenvalue weighted by molar-refractivity contribution is 0.321. The Balaban J connectivity index is 3.13. The van der Waals surface area contributed by atoms with Crippen molar-refractivity contribution in [2.75, 3.05) is 0 Å². The van der Waals surface area contributed by atoms with Gasteiger partial charge in [0.1, 0.15) is 5.82 Å². The summed E-state index contributed by atoms with van der Waals surface area (Å²) in [6, 6.07) is 3.87. The predicted octanol–water partition coefficient (Wildman–Crippen LogP) is 2.85. The molecule has 1 aromatic carbocycles. The van der Waals surface area contributed by atoms with E-state index < -0.39 is 5.82 Å². The van der Waals surface area contributed by atoms with Crippen LogP contribution in [0.1, 0.15) is 5.56 Å². The highest BCUT2D eigenvalue weighted by molar-refractivity contribution is 6.69. The Kier molecular flexibility index (Phi) is 2.89. The van der Waals surface area contributed by atoms with E-state index in [1.54, 1.807) is 0 Å². The van der Waals surface area contributed by atoms with Crippen LogP contribution < -0.4 is 0 Å². The maximum Gasteiger partial charge on any atom is 0.175 e. The average molecular weight is 208 g/mol. The smallest absolute Gasteiger partial charge is 0.175 e. The molecule has 0 unspecified atom stereocenters. The van der Waals surface area contributed by atoms with Gasteiger partial charge in [0.25, 0.3) is 0 Å². The number of rotatable bonds is 1. The van der Waals surface area contributed by atoms with Gasteiger partial charge in [0, 0.05) is 5.56 Å². The molecule has 0 aliphatic heterocycles. The summed E-state index contributed by atoms with van der Waals surface area (Å²) in [6.45, 7) is 0. The second kappa shape index (κ2) is 3.74. The number of benzene rings is 1. The number of halogens is 3. The SMILES string of the molecule is O/N=C(/Cl)c1ccc(Cl)c(F)c1.